The summed E-state index contributed by atoms with van der Waals surface area (Å²) in [7, 11) is 0. The zero-order chi connectivity index (χ0) is 13.0. The molecule has 7 heteroatoms. The van der Waals surface area contributed by atoms with Crippen molar-refractivity contribution >= 4 is 0 Å². The molecule has 0 radical (unpaired) electrons. The maximum Gasteiger partial charge on any atom is 0.573 e. The van der Waals surface area contributed by atoms with E-state index in [1.807, 2.05) is 0 Å². The highest BCUT2D eigenvalue weighted by atomic mass is 19.4. The van der Waals surface area contributed by atoms with Crippen LogP contribution in [0.1, 0.15) is 18.0 Å². The van der Waals surface area contributed by atoms with Crippen LogP contribution >= 0.6 is 0 Å². The van der Waals surface area contributed by atoms with E-state index in [1.54, 1.807) is 0 Å². The molecular weight excluding hydrogens is 249 g/mol. The Hall–Kier alpha value is -1.34. The number of halogens is 3. The van der Waals surface area contributed by atoms with E-state index in [0.29, 0.717) is 18.8 Å². The van der Waals surface area contributed by atoms with E-state index in [2.05, 4.69) is 15.0 Å². The second-order valence-corrected chi connectivity index (χ2v) is 3.94. The number of pyridine rings is 1. The second kappa shape index (κ2) is 5.53. The van der Waals surface area contributed by atoms with E-state index in [9.17, 15) is 13.2 Å². The Kier molecular flexibility index (Phi) is 4.03. The van der Waals surface area contributed by atoms with Gasteiger partial charge in [-0.15, -0.1) is 13.2 Å². The molecule has 1 aliphatic heterocycles. The number of hydrogen-bond donors (Lipinski definition) is 1. The second-order valence-electron chi connectivity index (χ2n) is 3.94. The van der Waals surface area contributed by atoms with Crippen LogP contribution in [0.3, 0.4) is 0 Å². The van der Waals surface area contributed by atoms with Gasteiger partial charge in [0.05, 0.1) is 18.8 Å². The molecule has 2 heterocycles. The van der Waals surface area contributed by atoms with Crippen LogP contribution in [0.4, 0.5) is 13.2 Å². The monoisotopic (exact) mass is 262 g/mol. The van der Waals surface area contributed by atoms with Gasteiger partial charge in [0.1, 0.15) is 5.75 Å². The number of nitrogens with zero attached hydrogens (tertiary/aromatic N) is 1. The van der Waals surface area contributed by atoms with Crippen molar-refractivity contribution in [1.82, 2.24) is 10.3 Å². The third-order valence-electron chi connectivity index (χ3n) is 2.51. The minimum absolute atomic E-state index is 0.156. The van der Waals surface area contributed by atoms with Gasteiger partial charge in [-0.05, 0) is 24.6 Å². The topological polar surface area (TPSA) is 43.4 Å². The minimum Gasteiger partial charge on any atom is -0.404 e. The maximum atomic E-state index is 12.1. The van der Waals surface area contributed by atoms with Crippen molar-refractivity contribution in [2.24, 2.45) is 0 Å². The molecule has 1 atom stereocenters. The summed E-state index contributed by atoms with van der Waals surface area (Å²) in [6, 6.07) is 1.17. The Morgan fingerprint density at radius 3 is 3.00 bits per heavy atom. The van der Waals surface area contributed by atoms with Crippen LogP contribution in [-0.4, -0.2) is 31.1 Å². The van der Waals surface area contributed by atoms with E-state index in [-0.39, 0.29) is 11.8 Å². The minimum atomic E-state index is -4.70. The van der Waals surface area contributed by atoms with Crippen molar-refractivity contribution in [3.05, 3.63) is 24.0 Å². The van der Waals surface area contributed by atoms with Crippen molar-refractivity contribution in [3.63, 3.8) is 0 Å². The first-order chi connectivity index (χ1) is 8.54. The summed E-state index contributed by atoms with van der Waals surface area (Å²) in [5.74, 6) is -0.314. The van der Waals surface area contributed by atoms with Crippen molar-refractivity contribution in [2.45, 2.75) is 18.8 Å². The van der Waals surface area contributed by atoms with Gasteiger partial charge < -0.3 is 14.8 Å². The molecule has 2 rings (SSSR count). The number of rotatable bonds is 2. The van der Waals surface area contributed by atoms with Crippen molar-refractivity contribution in [3.8, 4) is 5.75 Å². The van der Waals surface area contributed by atoms with Gasteiger partial charge in [0.15, 0.2) is 0 Å². The SMILES string of the molecule is FC(F)(F)Oc1cncc(C2COCCCN2)c1. The summed E-state index contributed by atoms with van der Waals surface area (Å²) >= 11 is 0. The lowest BCUT2D eigenvalue weighted by Gasteiger charge is -2.16. The van der Waals surface area contributed by atoms with Crippen LogP contribution in [0.5, 0.6) is 5.75 Å². The van der Waals surface area contributed by atoms with Gasteiger partial charge in [-0.25, -0.2) is 0 Å². The van der Waals surface area contributed by atoms with Gasteiger partial charge in [-0.2, -0.15) is 0 Å². The third-order valence-corrected chi connectivity index (χ3v) is 2.51. The number of alkyl halides is 3. The zero-order valence-corrected chi connectivity index (χ0v) is 9.54. The molecule has 1 unspecified atom stereocenters. The number of ether oxygens (including phenoxy) is 2. The highest BCUT2D eigenvalue weighted by Gasteiger charge is 2.31. The molecule has 1 fully saturated rings. The lowest BCUT2D eigenvalue weighted by atomic mass is 10.1. The molecule has 100 valence electrons. The summed E-state index contributed by atoms with van der Waals surface area (Å²) in [6.45, 7) is 1.82. The molecule has 0 aromatic carbocycles. The molecule has 4 nitrogen and oxygen atoms in total. The largest absolute Gasteiger partial charge is 0.573 e. The maximum absolute atomic E-state index is 12.1. The highest BCUT2D eigenvalue weighted by Crippen LogP contribution is 2.25. The number of hydrogen-bond acceptors (Lipinski definition) is 4. The molecule has 1 N–H and O–H groups in total. The van der Waals surface area contributed by atoms with Crippen molar-refractivity contribution in [1.29, 1.82) is 0 Å². The Morgan fingerprint density at radius 1 is 1.39 bits per heavy atom. The van der Waals surface area contributed by atoms with Crippen LogP contribution in [0, 0.1) is 0 Å². The standard InChI is InChI=1S/C11H13F3N2O2/c12-11(13,14)18-9-4-8(5-15-6-9)10-7-17-3-1-2-16-10/h4-6,10,16H,1-3,7H2. The lowest BCUT2D eigenvalue weighted by molar-refractivity contribution is -0.274. The summed E-state index contributed by atoms with van der Waals surface area (Å²) < 4.78 is 45.5. The van der Waals surface area contributed by atoms with Crippen LogP contribution in [0.2, 0.25) is 0 Å². The molecule has 18 heavy (non-hydrogen) atoms. The summed E-state index contributed by atoms with van der Waals surface area (Å²) in [5, 5.41) is 3.19. The summed E-state index contributed by atoms with van der Waals surface area (Å²) in [4.78, 5) is 3.75. The molecule has 0 amide bonds. The average molecular weight is 262 g/mol. The van der Waals surface area contributed by atoms with Crippen LogP contribution in [0.15, 0.2) is 18.5 Å². The highest BCUT2D eigenvalue weighted by molar-refractivity contribution is 5.26. The first-order valence-corrected chi connectivity index (χ1v) is 5.56. The molecule has 0 aliphatic carbocycles. The Balaban J connectivity index is 2.10. The Labute approximate surface area is 102 Å². The molecule has 0 spiro atoms. The molecule has 1 aromatic rings. The fourth-order valence-corrected chi connectivity index (χ4v) is 1.74. The van der Waals surface area contributed by atoms with E-state index in [1.165, 1.54) is 12.3 Å². The lowest BCUT2D eigenvalue weighted by Crippen LogP contribution is -2.24. The van der Waals surface area contributed by atoms with E-state index in [0.717, 1.165) is 19.2 Å². The normalized spacial score (nSPS) is 21.4. The predicted molar refractivity (Wildman–Crippen MR) is 57.1 cm³/mol. The number of aromatic nitrogens is 1. The quantitative estimate of drug-likeness (QED) is 0.885. The fraction of sp³-hybridized carbons (Fsp3) is 0.545. The van der Waals surface area contributed by atoms with Gasteiger partial charge in [-0.1, -0.05) is 0 Å². The smallest absolute Gasteiger partial charge is 0.404 e. The first kappa shape index (κ1) is 13.1. The van der Waals surface area contributed by atoms with Crippen LogP contribution in [-0.2, 0) is 4.74 Å². The predicted octanol–water partition coefficient (Wildman–Crippen LogP) is 2.03. The van der Waals surface area contributed by atoms with Crippen molar-refractivity contribution in [2.75, 3.05) is 19.8 Å². The third kappa shape index (κ3) is 3.85. The van der Waals surface area contributed by atoms with E-state index < -0.39 is 6.36 Å². The number of nitrogens with one attached hydrogen (secondary N) is 1. The molecular formula is C11H13F3N2O2. The fourth-order valence-electron chi connectivity index (χ4n) is 1.74. The van der Waals surface area contributed by atoms with Gasteiger partial charge in [0.2, 0.25) is 0 Å². The Bertz CT molecular complexity index is 390. The van der Waals surface area contributed by atoms with E-state index in [4.69, 9.17) is 4.74 Å². The Morgan fingerprint density at radius 2 is 2.22 bits per heavy atom. The van der Waals surface area contributed by atoms with Crippen molar-refractivity contribution < 1.29 is 22.6 Å². The van der Waals surface area contributed by atoms with Gasteiger partial charge in [-0.3, -0.25) is 4.98 Å². The zero-order valence-electron chi connectivity index (χ0n) is 9.54. The molecule has 1 saturated heterocycles. The van der Waals surface area contributed by atoms with Crippen LogP contribution in [0.25, 0.3) is 0 Å². The molecule has 1 aromatic heterocycles. The van der Waals surface area contributed by atoms with E-state index >= 15 is 0 Å². The van der Waals surface area contributed by atoms with Gasteiger partial charge in [0, 0.05) is 12.8 Å². The molecule has 1 aliphatic rings. The molecule has 0 bridgehead atoms. The summed E-state index contributed by atoms with van der Waals surface area (Å²) in [5.41, 5.74) is 0.624. The summed E-state index contributed by atoms with van der Waals surface area (Å²) in [6.07, 6.45) is -1.28. The average Bonchev–Trinajstić information content (AvgIpc) is 2.55. The molecule has 0 saturated carbocycles. The first-order valence-electron chi connectivity index (χ1n) is 5.56. The van der Waals surface area contributed by atoms with Gasteiger partial charge in [0.25, 0.3) is 0 Å². The van der Waals surface area contributed by atoms with Crippen LogP contribution < -0.4 is 10.1 Å². The van der Waals surface area contributed by atoms with Gasteiger partial charge >= 0.3 is 6.36 Å².